The van der Waals surface area contributed by atoms with Gasteiger partial charge in [0.15, 0.2) is 0 Å². The predicted molar refractivity (Wildman–Crippen MR) is 81.0 cm³/mol. The van der Waals surface area contributed by atoms with E-state index in [0.717, 1.165) is 36.8 Å². The molecular formula is C15H24N2O2S. The van der Waals surface area contributed by atoms with Gasteiger partial charge in [-0.1, -0.05) is 6.07 Å². The van der Waals surface area contributed by atoms with Crippen molar-refractivity contribution in [1.82, 2.24) is 4.72 Å². The number of aryl methyl sites for hydroxylation is 2. The van der Waals surface area contributed by atoms with Crippen molar-refractivity contribution in [1.29, 1.82) is 0 Å². The molecule has 2 rings (SSSR count). The second-order valence-corrected chi connectivity index (χ2v) is 7.65. The zero-order valence-electron chi connectivity index (χ0n) is 12.2. The molecule has 3 N–H and O–H groups in total. The van der Waals surface area contributed by atoms with E-state index in [1.54, 1.807) is 12.1 Å². The largest absolute Gasteiger partial charge is 0.328 e. The monoisotopic (exact) mass is 296 g/mol. The number of hydrogen-bond acceptors (Lipinski definition) is 3. The van der Waals surface area contributed by atoms with E-state index in [1.807, 2.05) is 19.9 Å². The lowest BCUT2D eigenvalue weighted by Crippen LogP contribution is -2.34. The molecule has 20 heavy (non-hydrogen) atoms. The van der Waals surface area contributed by atoms with Gasteiger partial charge in [-0.05, 0) is 68.7 Å². The van der Waals surface area contributed by atoms with Gasteiger partial charge in [0, 0.05) is 12.6 Å². The van der Waals surface area contributed by atoms with Crippen molar-refractivity contribution in [2.75, 3.05) is 6.54 Å². The first kappa shape index (κ1) is 15.5. The summed E-state index contributed by atoms with van der Waals surface area (Å²) >= 11 is 0. The molecule has 0 aliphatic heterocycles. The Morgan fingerprint density at radius 2 is 1.80 bits per heavy atom. The maximum absolute atomic E-state index is 12.3. The van der Waals surface area contributed by atoms with Crippen LogP contribution in [0.15, 0.2) is 23.1 Å². The van der Waals surface area contributed by atoms with E-state index in [2.05, 4.69) is 4.72 Å². The van der Waals surface area contributed by atoms with Crippen molar-refractivity contribution in [3.8, 4) is 0 Å². The number of nitrogens with one attached hydrogen (secondary N) is 1. The highest BCUT2D eigenvalue weighted by molar-refractivity contribution is 7.89. The molecule has 1 aromatic rings. The van der Waals surface area contributed by atoms with Crippen molar-refractivity contribution in [2.24, 2.45) is 11.7 Å². The summed E-state index contributed by atoms with van der Waals surface area (Å²) in [5, 5.41) is 0. The number of sulfonamides is 1. The van der Waals surface area contributed by atoms with Crippen molar-refractivity contribution < 1.29 is 8.42 Å². The minimum absolute atomic E-state index is 0.294. The van der Waals surface area contributed by atoms with Crippen LogP contribution in [0.5, 0.6) is 0 Å². The second kappa shape index (κ2) is 6.24. The lowest BCUT2D eigenvalue weighted by atomic mass is 9.87. The van der Waals surface area contributed by atoms with E-state index in [-0.39, 0.29) is 0 Å². The molecular weight excluding hydrogens is 272 g/mol. The molecule has 0 aromatic heterocycles. The normalized spacial score (nSPS) is 23.8. The minimum atomic E-state index is -3.39. The molecule has 1 aromatic carbocycles. The van der Waals surface area contributed by atoms with Crippen LogP contribution in [-0.2, 0) is 10.0 Å². The van der Waals surface area contributed by atoms with Gasteiger partial charge in [-0.2, -0.15) is 0 Å². The Kier molecular flexibility index (Phi) is 4.83. The topological polar surface area (TPSA) is 72.2 Å². The van der Waals surface area contributed by atoms with Gasteiger partial charge in [-0.25, -0.2) is 13.1 Å². The van der Waals surface area contributed by atoms with Crippen LogP contribution in [-0.4, -0.2) is 21.0 Å². The molecule has 1 aliphatic rings. The molecule has 1 saturated carbocycles. The first-order valence-electron chi connectivity index (χ1n) is 7.21. The van der Waals surface area contributed by atoms with E-state index >= 15 is 0 Å². The van der Waals surface area contributed by atoms with E-state index < -0.39 is 10.0 Å². The zero-order chi connectivity index (χ0) is 14.8. The minimum Gasteiger partial charge on any atom is -0.328 e. The van der Waals surface area contributed by atoms with E-state index in [0.29, 0.717) is 23.4 Å². The number of rotatable bonds is 4. The fraction of sp³-hybridized carbons (Fsp3) is 0.600. The number of benzene rings is 1. The molecule has 0 unspecified atom stereocenters. The SMILES string of the molecule is Cc1ccc(S(=O)(=O)NCC2CCC(N)CC2)cc1C. The van der Waals surface area contributed by atoms with Crippen LogP contribution in [0.25, 0.3) is 0 Å². The standard InChI is InChI=1S/C15H24N2O2S/c1-11-3-8-15(9-12(11)2)20(18,19)17-10-13-4-6-14(16)7-5-13/h3,8-9,13-14,17H,4-7,10,16H2,1-2H3. The highest BCUT2D eigenvalue weighted by atomic mass is 32.2. The second-order valence-electron chi connectivity index (χ2n) is 5.88. The Morgan fingerprint density at radius 3 is 2.40 bits per heavy atom. The van der Waals surface area contributed by atoms with Gasteiger partial charge in [0.05, 0.1) is 4.90 Å². The Morgan fingerprint density at radius 1 is 1.15 bits per heavy atom. The Bertz CT molecular complexity index is 561. The molecule has 0 amide bonds. The summed E-state index contributed by atoms with van der Waals surface area (Å²) in [6.07, 6.45) is 4.01. The average molecular weight is 296 g/mol. The third kappa shape index (κ3) is 3.81. The van der Waals surface area contributed by atoms with E-state index in [4.69, 9.17) is 5.73 Å². The summed E-state index contributed by atoms with van der Waals surface area (Å²) in [6.45, 7) is 4.42. The Labute approximate surface area is 121 Å². The molecule has 0 heterocycles. The summed E-state index contributed by atoms with van der Waals surface area (Å²) in [4.78, 5) is 0.355. The predicted octanol–water partition coefficient (Wildman–Crippen LogP) is 2.10. The maximum atomic E-state index is 12.3. The molecule has 1 fully saturated rings. The molecule has 112 valence electrons. The van der Waals surface area contributed by atoms with Gasteiger partial charge < -0.3 is 5.73 Å². The molecule has 0 spiro atoms. The van der Waals surface area contributed by atoms with Crippen LogP contribution in [0.4, 0.5) is 0 Å². The van der Waals surface area contributed by atoms with Crippen LogP contribution in [0.3, 0.4) is 0 Å². The Hall–Kier alpha value is -0.910. The highest BCUT2D eigenvalue weighted by Gasteiger charge is 2.21. The summed E-state index contributed by atoms with van der Waals surface area (Å²) < 4.78 is 27.3. The van der Waals surface area contributed by atoms with Crippen LogP contribution >= 0.6 is 0 Å². The first-order valence-corrected chi connectivity index (χ1v) is 8.69. The first-order chi connectivity index (χ1) is 9.38. The highest BCUT2D eigenvalue weighted by Crippen LogP contribution is 2.23. The zero-order valence-corrected chi connectivity index (χ0v) is 13.0. The molecule has 0 atom stereocenters. The molecule has 1 aliphatic carbocycles. The van der Waals surface area contributed by atoms with Gasteiger partial charge in [0.25, 0.3) is 0 Å². The molecule has 0 saturated heterocycles. The van der Waals surface area contributed by atoms with Gasteiger partial charge in [0.2, 0.25) is 10.0 Å². The average Bonchev–Trinajstić information content (AvgIpc) is 2.41. The lowest BCUT2D eigenvalue weighted by molar-refractivity contribution is 0.326. The summed E-state index contributed by atoms with van der Waals surface area (Å²) in [5.41, 5.74) is 7.96. The van der Waals surface area contributed by atoms with Gasteiger partial charge in [0.1, 0.15) is 0 Å². The summed E-state index contributed by atoms with van der Waals surface area (Å²) in [6, 6.07) is 5.54. The van der Waals surface area contributed by atoms with Crippen molar-refractivity contribution in [3.63, 3.8) is 0 Å². The van der Waals surface area contributed by atoms with E-state index in [9.17, 15) is 8.42 Å². The van der Waals surface area contributed by atoms with Crippen molar-refractivity contribution in [2.45, 2.75) is 50.5 Å². The summed E-state index contributed by atoms with van der Waals surface area (Å²) in [7, 11) is -3.39. The number of hydrogen-bond donors (Lipinski definition) is 2. The molecule has 0 radical (unpaired) electrons. The third-order valence-electron chi connectivity index (χ3n) is 4.24. The third-order valence-corrected chi connectivity index (χ3v) is 5.66. The van der Waals surface area contributed by atoms with Gasteiger partial charge in [-0.15, -0.1) is 0 Å². The van der Waals surface area contributed by atoms with E-state index in [1.165, 1.54) is 0 Å². The number of nitrogens with two attached hydrogens (primary N) is 1. The van der Waals surface area contributed by atoms with Crippen LogP contribution in [0.1, 0.15) is 36.8 Å². The molecule has 5 heteroatoms. The molecule has 0 bridgehead atoms. The summed E-state index contributed by atoms with van der Waals surface area (Å²) in [5.74, 6) is 0.413. The quantitative estimate of drug-likeness (QED) is 0.893. The van der Waals surface area contributed by atoms with Crippen LogP contribution in [0, 0.1) is 19.8 Å². The van der Waals surface area contributed by atoms with Gasteiger partial charge in [-0.3, -0.25) is 0 Å². The van der Waals surface area contributed by atoms with Crippen molar-refractivity contribution >= 4 is 10.0 Å². The Balaban J connectivity index is 1.98. The lowest BCUT2D eigenvalue weighted by Gasteiger charge is -2.26. The maximum Gasteiger partial charge on any atom is 0.240 e. The van der Waals surface area contributed by atoms with Crippen LogP contribution in [0.2, 0.25) is 0 Å². The fourth-order valence-electron chi connectivity index (χ4n) is 2.58. The molecule has 4 nitrogen and oxygen atoms in total. The smallest absolute Gasteiger partial charge is 0.240 e. The van der Waals surface area contributed by atoms with Crippen molar-refractivity contribution in [3.05, 3.63) is 29.3 Å². The fourth-order valence-corrected chi connectivity index (χ4v) is 3.79. The van der Waals surface area contributed by atoms with Crippen LogP contribution < -0.4 is 10.5 Å². The van der Waals surface area contributed by atoms with Gasteiger partial charge >= 0.3 is 0 Å².